The van der Waals surface area contributed by atoms with Crippen LogP contribution >= 0.6 is 0 Å². The van der Waals surface area contributed by atoms with Crippen LogP contribution in [-0.4, -0.2) is 13.2 Å². The highest BCUT2D eigenvalue weighted by Gasteiger charge is 2.28. The molecule has 0 aromatic rings. The predicted molar refractivity (Wildman–Crippen MR) is 38.4 cm³/mol. The Morgan fingerprint density at radius 3 is 2.44 bits per heavy atom. The van der Waals surface area contributed by atoms with Crippen LogP contribution in [0, 0.1) is 11.3 Å². The average molecular weight is 128 g/mol. The smallest absolute Gasteiger partial charge is 0.0496 e. The van der Waals surface area contributed by atoms with Gasteiger partial charge in [-0.25, -0.2) is 0 Å². The lowest BCUT2D eigenvalue weighted by Gasteiger charge is -2.35. The second kappa shape index (κ2) is 2.30. The molecule has 1 heterocycles. The van der Waals surface area contributed by atoms with Crippen LogP contribution in [-0.2, 0) is 4.74 Å². The van der Waals surface area contributed by atoms with Gasteiger partial charge in [-0.05, 0) is 17.8 Å². The normalized spacial score (nSPS) is 34.3. The van der Waals surface area contributed by atoms with E-state index in [2.05, 4.69) is 20.8 Å². The van der Waals surface area contributed by atoms with Crippen LogP contribution in [0.25, 0.3) is 0 Å². The Balaban J connectivity index is 2.49. The van der Waals surface area contributed by atoms with E-state index in [1.807, 2.05) is 0 Å². The van der Waals surface area contributed by atoms with E-state index < -0.39 is 0 Å². The molecule has 54 valence electrons. The topological polar surface area (TPSA) is 9.23 Å². The Hall–Kier alpha value is -0.0400. The number of hydrogen-bond donors (Lipinski definition) is 0. The maximum absolute atomic E-state index is 5.32. The van der Waals surface area contributed by atoms with Crippen molar-refractivity contribution in [2.75, 3.05) is 13.2 Å². The van der Waals surface area contributed by atoms with Gasteiger partial charge < -0.3 is 4.74 Å². The SMILES string of the molecule is CC1COCCC1(C)C. The fourth-order valence-corrected chi connectivity index (χ4v) is 1.07. The van der Waals surface area contributed by atoms with Gasteiger partial charge in [-0.2, -0.15) is 0 Å². The molecule has 9 heavy (non-hydrogen) atoms. The molecule has 1 aliphatic rings. The predicted octanol–water partition coefficient (Wildman–Crippen LogP) is 2.07. The van der Waals surface area contributed by atoms with Crippen molar-refractivity contribution in [3.63, 3.8) is 0 Å². The van der Waals surface area contributed by atoms with Gasteiger partial charge in [0.25, 0.3) is 0 Å². The molecule has 1 unspecified atom stereocenters. The second-order valence-electron chi connectivity index (χ2n) is 3.71. The molecule has 0 amide bonds. The largest absolute Gasteiger partial charge is 0.381 e. The molecule has 0 radical (unpaired) electrons. The van der Waals surface area contributed by atoms with Crippen LogP contribution in [0.5, 0.6) is 0 Å². The first-order chi connectivity index (χ1) is 4.13. The van der Waals surface area contributed by atoms with Crippen LogP contribution in [0.15, 0.2) is 0 Å². The van der Waals surface area contributed by atoms with Gasteiger partial charge in [-0.1, -0.05) is 20.8 Å². The summed E-state index contributed by atoms with van der Waals surface area (Å²) in [6.45, 7) is 8.81. The molecule has 0 saturated carbocycles. The summed E-state index contributed by atoms with van der Waals surface area (Å²) in [7, 11) is 0. The lowest BCUT2D eigenvalue weighted by molar-refractivity contribution is -0.0151. The summed E-state index contributed by atoms with van der Waals surface area (Å²) in [5.74, 6) is 0.728. The molecule has 0 N–H and O–H groups in total. The summed E-state index contributed by atoms with van der Waals surface area (Å²) in [5.41, 5.74) is 0.512. The van der Waals surface area contributed by atoms with Gasteiger partial charge in [0.2, 0.25) is 0 Å². The molecule has 0 bridgehead atoms. The quantitative estimate of drug-likeness (QED) is 0.485. The van der Waals surface area contributed by atoms with Crippen LogP contribution in [0.2, 0.25) is 0 Å². The summed E-state index contributed by atoms with van der Waals surface area (Å²) in [6.07, 6.45) is 1.22. The zero-order valence-corrected chi connectivity index (χ0v) is 6.61. The lowest BCUT2D eigenvalue weighted by atomic mass is 9.77. The maximum Gasteiger partial charge on any atom is 0.0496 e. The Labute approximate surface area is 57.4 Å². The molecular weight excluding hydrogens is 112 g/mol. The van der Waals surface area contributed by atoms with E-state index in [4.69, 9.17) is 4.74 Å². The minimum absolute atomic E-state index is 0.512. The Morgan fingerprint density at radius 1 is 1.44 bits per heavy atom. The summed E-state index contributed by atoms with van der Waals surface area (Å²) in [5, 5.41) is 0. The lowest BCUT2D eigenvalue weighted by Crippen LogP contribution is -2.32. The van der Waals surface area contributed by atoms with Gasteiger partial charge in [0.15, 0.2) is 0 Å². The van der Waals surface area contributed by atoms with E-state index in [0.717, 1.165) is 19.1 Å². The van der Waals surface area contributed by atoms with Crippen molar-refractivity contribution in [2.45, 2.75) is 27.2 Å². The first kappa shape index (κ1) is 7.07. The van der Waals surface area contributed by atoms with Crippen LogP contribution in [0.4, 0.5) is 0 Å². The van der Waals surface area contributed by atoms with E-state index >= 15 is 0 Å². The number of rotatable bonds is 0. The highest BCUT2D eigenvalue weighted by molar-refractivity contribution is 4.77. The van der Waals surface area contributed by atoms with Crippen molar-refractivity contribution in [1.82, 2.24) is 0 Å². The monoisotopic (exact) mass is 128 g/mol. The molecule has 1 rings (SSSR count). The van der Waals surface area contributed by atoms with E-state index in [9.17, 15) is 0 Å². The molecule has 0 spiro atoms. The third-order valence-corrected chi connectivity index (χ3v) is 2.59. The molecule has 0 aliphatic carbocycles. The van der Waals surface area contributed by atoms with Crippen molar-refractivity contribution in [2.24, 2.45) is 11.3 Å². The first-order valence-corrected chi connectivity index (χ1v) is 3.71. The Bertz CT molecular complexity index is 96.7. The molecule has 1 fully saturated rings. The van der Waals surface area contributed by atoms with E-state index in [0.29, 0.717) is 5.41 Å². The van der Waals surface area contributed by atoms with Gasteiger partial charge in [-0.3, -0.25) is 0 Å². The molecule has 1 heteroatoms. The highest BCUT2D eigenvalue weighted by atomic mass is 16.5. The van der Waals surface area contributed by atoms with Gasteiger partial charge in [0.1, 0.15) is 0 Å². The number of hydrogen-bond acceptors (Lipinski definition) is 1. The molecule has 0 aromatic heterocycles. The van der Waals surface area contributed by atoms with Crippen molar-refractivity contribution < 1.29 is 4.74 Å². The first-order valence-electron chi connectivity index (χ1n) is 3.71. The summed E-state index contributed by atoms with van der Waals surface area (Å²) in [6, 6.07) is 0. The van der Waals surface area contributed by atoms with Crippen molar-refractivity contribution in [1.29, 1.82) is 0 Å². The van der Waals surface area contributed by atoms with Crippen molar-refractivity contribution >= 4 is 0 Å². The van der Waals surface area contributed by atoms with E-state index in [1.165, 1.54) is 6.42 Å². The zero-order valence-electron chi connectivity index (χ0n) is 6.61. The van der Waals surface area contributed by atoms with Gasteiger partial charge >= 0.3 is 0 Å². The molecule has 1 atom stereocenters. The molecule has 1 saturated heterocycles. The minimum atomic E-state index is 0.512. The van der Waals surface area contributed by atoms with Crippen LogP contribution in [0.1, 0.15) is 27.2 Å². The fourth-order valence-electron chi connectivity index (χ4n) is 1.07. The van der Waals surface area contributed by atoms with E-state index in [1.54, 1.807) is 0 Å². The van der Waals surface area contributed by atoms with Crippen molar-refractivity contribution in [3.05, 3.63) is 0 Å². The highest BCUT2D eigenvalue weighted by Crippen LogP contribution is 2.33. The third kappa shape index (κ3) is 1.45. The van der Waals surface area contributed by atoms with Gasteiger partial charge in [-0.15, -0.1) is 0 Å². The summed E-state index contributed by atoms with van der Waals surface area (Å²) in [4.78, 5) is 0. The minimum Gasteiger partial charge on any atom is -0.381 e. The molecular formula is C8H16O. The summed E-state index contributed by atoms with van der Waals surface area (Å²) >= 11 is 0. The maximum atomic E-state index is 5.32. The molecule has 1 aliphatic heterocycles. The summed E-state index contributed by atoms with van der Waals surface area (Å²) < 4.78 is 5.32. The fraction of sp³-hybridized carbons (Fsp3) is 1.00. The second-order valence-corrected chi connectivity index (χ2v) is 3.71. The zero-order chi connectivity index (χ0) is 6.91. The Kier molecular flexibility index (Phi) is 1.80. The van der Waals surface area contributed by atoms with Crippen molar-refractivity contribution in [3.8, 4) is 0 Å². The Morgan fingerprint density at radius 2 is 2.11 bits per heavy atom. The van der Waals surface area contributed by atoms with Gasteiger partial charge in [0, 0.05) is 13.2 Å². The van der Waals surface area contributed by atoms with Crippen LogP contribution < -0.4 is 0 Å². The molecule has 1 nitrogen and oxygen atoms in total. The third-order valence-electron chi connectivity index (χ3n) is 2.59. The number of ether oxygens (including phenoxy) is 1. The standard InChI is InChI=1S/C8H16O/c1-7-6-9-5-4-8(7,2)3/h7H,4-6H2,1-3H3. The van der Waals surface area contributed by atoms with Gasteiger partial charge in [0.05, 0.1) is 0 Å². The van der Waals surface area contributed by atoms with E-state index in [-0.39, 0.29) is 0 Å². The molecule has 0 aromatic carbocycles. The average Bonchev–Trinajstić information content (AvgIpc) is 1.77. The van der Waals surface area contributed by atoms with Crippen LogP contribution in [0.3, 0.4) is 0 Å².